The topological polar surface area (TPSA) is 102 Å². The van der Waals surface area contributed by atoms with Gasteiger partial charge in [0.05, 0.1) is 9.95 Å². The zero-order valence-corrected chi connectivity index (χ0v) is 9.42. The molecule has 2 rings (SSSR count). The molecule has 1 aromatic heterocycles. The average molecular weight is 257 g/mol. The Morgan fingerprint density at radius 3 is 2.82 bits per heavy atom. The van der Waals surface area contributed by atoms with Crippen molar-refractivity contribution in [2.24, 2.45) is 5.73 Å². The van der Waals surface area contributed by atoms with Crippen LogP contribution in [-0.4, -0.2) is 28.4 Å². The van der Waals surface area contributed by atoms with Gasteiger partial charge < -0.3 is 5.73 Å². The number of anilines is 1. The van der Waals surface area contributed by atoms with Gasteiger partial charge in [0.15, 0.2) is 5.82 Å². The summed E-state index contributed by atoms with van der Waals surface area (Å²) in [5.41, 5.74) is 5.43. The van der Waals surface area contributed by atoms with Crippen molar-refractivity contribution >= 4 is 29.0 Å². The Labute approximate surface area is 101 Å². The van der Waals surface area contributed by atoms with Crippen LogP contribution in [0.15, 0.2) is 12.3 Å². The Kier molecular flexibility index (Phi) is 2.95. The number of carbonyl (C=O) groups excluding carboxylic acids is 1. The maximum atomic E-state index is 11.6. The van der Waals surface area contributed by atoms with Crippen molar-refractivity contribution in [1.82, 2.24) is 4.98 Å². The van der Waals surface area contributed by atoms with Gasteiger partial charge in [0.1, 0.15) is 6.20 Å². The number of hydrogen-bond donors (Lipinski definition) is 1. The molecule has 0 saturated carbocycles. The van der Waals surface area contributed by atoms with Gasteiger partial charge >= 0.3 is 0 Å². The Bertz CT molecular complexity index is 493. The summed E-state index contributed by atoms with van der Waals surface area (Å²) >= 11 is 5.86. The fourth-order valence-electron chi connectivity index (χ4n) is 1.66. The molecular formula is C9H9ClN4O3. The van der Waals surface area contributed by atoms with Crippen LogP contribution in [-0.2, 0) is 4.79 Å². The summed E-state index contributed by atoms with van der Waals surface area (Å²) in [6.45, 7) is 0.323. The molecule has 0 bridgehead atoms. The highest BCUT2D eigenvalue weighted by Crippen LogP contribution is 2.29. The number of nitro groups is 1. The zero-order chi connectivity index (χ0) is 12.6. The molecule has 0 aromatic carbocycles. The molecule has 2 heterocycles. The molecular weight excluding hydrogens is 248 g/mol. The molecule has 0 spiro atoms. The van der Waals surface area contributed by atoms with Crippen molar-refractivity contribution in [1.29, 1.82) is 0 Å². The lowest BCUT2D eigenvalue weighted by Gasteiger charge is -2.15. The lowest BCUT2D eigenvalue weighted by molar-refractivity contribution is -0.385. The molecule has 1 aromatic rings. The number of nitrogens with two attached hydrogens (primary N) is 1. The minimum atomic E-state index is -0.597. The average Bonchev–Trinajstić information content (AvgIpc) is 2.57. The number of pyridine rings is 1. The molecule has 1 atom stereocenters. The van der Waals surface area contributed by atoms with Crippen LogP contribution < -0.4 is 10.6 Å². The molecule has 1 unspecified atom stereocenters. The third-order valence-electron chi connectivity index (χ3n) is 2.43. The van der Waals surface area contributed by atoms with E-state index in [1.807, 2.05) is 0 Å². The van der Waals surface area contributed by atoms with Crippen LogP contribution in [0, 0.1) is 10.1 Å². The molecule has 1 fully saturated rings. The van der Waals surface area contributed by atoms with Crippen LogP contribution in [0.1, 0.15) is 6.42 Å². The predicted molar refractivity (Wildman–Crippen MR) is 60.8 cm³/mol. The van der Waals surface area contributed by atoms with Crippen LogP contribution in [0.25, 0.3) is 0 Å². The van der Waals surface area contributed by atoms with Crippen molar-refractivity contribution in [3.05, 3.63) is 27.4 Å². The monoisotopic (exact) mass is 256 g/mol. The molecule has 0 aliphatic carbocycles. The summed E-state index contributed by atoms with van der Waals surface area (Å²) in [6, 6.07) is 0.914. The van der Waals surface area contributed by atoms with Gasteiger partial charge in [0.25, 0.3) is 5.69 Å². The zero-order valence-electron chi connectivity index (χ0n) is 8.67. The number of rotatable bonds is 2. The molecule has 0 radical (unpaired) electrons. The number of hydrogen-bond acceptors (Lipinski definition) is 5. The summed E-state index contributed by atoms with van der Waals surface area (Å²) in [5.74, 6) is 0.0379. The lowest BCUT2D eigenvalue weighted by Crippen LogP contribution is -2.28. The Morgan fingerprint density at radius 2 is 2.35 bits per heavy atom. The van der Waals surface area contributed by atoms with Crippen molar-refractivity contribution in [3.63, 3.8) is 0 Å². The number of halogens is 1. The predicted octanol–water partition coefficient (Wildman–Crippen LogP) is 0.707. The highest BCUT2D eigenvalue weighted by Gasteiger charge is 2.30. The van der Waals surface area contributed by atoms with E-state index >= 15 is 0 Å². The van der Waals surface area contributed by atoms with E-state index in [9.17, 15) is 14.9 Å². The highest BCUT2D eigenvalue weighted by atomic mass is 35.5. The minimum Gasteiger partial charge on any atom is -0.326 e. The van der Waals surface area contributed by atoms with E-state index in [2.05, 4.69) is 4.98 Å². The van der Waals surface area contributed by atoms with Gasteiger partial charge in [-0.3, -0.25) is 19.8 Å². The fourth-order valence-corrected chi connectivity index (χ4v) is 1.92. The molecule has 8 heteroatoms. The van der Waals surface area contributed by atoms with Crippen molar-refractivity contribution < 1.29 is 9.72 Å². The second-order valence-corrected chi connectivity index (χ2v) is 4.13. The largest absolute Gasteiger partial charge is 0.326 e. The van der Waals surface area contributed by atoms with E-state index in [0.717, 1.165) is 6.20 Å². The molecule has 7 nitrogen and oxygen atoms in total. The Morgan fingerprint density at radius 1 is 1.65 bits per heavy atom. The van der Waals surface area contributed by atoms with E-state index in [0.29, 0.717) is 6.54 Å². The SMILES string of the molecule is NC1CC(=O)N(c2ncc([N+](=O)[O-])cc2Cl)C1. The smallest absolute Gasteiger partial charge is 0.289 e. The number of aromatic nitrogens is 1. The first-order valence-electron chi connectivity index (χ1n) is 4.85. The summed E-state index contributed by atoms with van der Waals surface area (Å²) < 4.78 is 0. The number of carbonyl (C=O) groups is 1. The van der Waals surface area contributed by atoms with Crippen LogP contribution in [0.3, 0.4) is 0 Å². The second kappa shape index (κ2) is 4.27. The number of nitrogens with zero attached hydrogens (tertiary/aromatic N) is 3. The molecule has 17 heavy (non-hydrogen) atoms. The van der Waals surface area contributed by atoms with E-state index in [1.165, 1.54) is 11.0 Å². The third-order valence-corrected chi connectivity index (χ3v) is 2.71. The van der Waals surface area contributed by atoms with Crippen molar-refractivity contribution in [2.75, 3.05) is 11.4 Å². The summed E-state index contributed by atoms with van der Waals surface area (Å²) in [4.78, 5) is 26.7. The van der Waals surface area contributed by atoms with Crippen LogP contribution in [0.2, 0.25) is 5.02 Å². The highest BCUT2D eigenvalue weighted by molar-refractivity contribution is 6.33. The third kappa shape index (κ3) is 2.20. The van der Waals surface area contributed by atoms with Crippen LogP contribution in [0.5, 0.6) is 0 Å². The van der Waals surface area contributed by atoms with Gasteiger partial charge in [0.2, 0.25) is 5.91 Å². The standard InChI is InChI=1S/C9H9ClN4O3/c10-7-2-6(14(16)17)3-12-9(7)13-4-5(11)1-8(13)15/h2-3,5H,1,4,11H2. The van der Waals surface area contributed by atoms with Gasteiger partial charge in [-0.1, -0.05) is 11.6 Å². The summed E-state index contributed by atoms with van der Waals surface area (Å²) in [5, 5.41) is 10.6. The normalized spacial score (nSPS) is 19.8. The summed E-state index contributed by atoms with van der Waals surface area (Å²) in [6.07, 6.45) is 1.30. The van der Waals surface area contributed by atoms with E-state index in [1.54, 1.807) is 0 Å². The van der Waals surface area contributed by atoms with Crippen molar-refractivity contribution in [3.8, 4) is 0 Å². The summed E-state index contributed by atoms with van der Waals surface area (Å²) in [7, 11) is 0. The fraction of sp³-hybridized carbons (Fsp3) is 0.333. The maximum absolute atomic E-state index is 11.6. The molecule has 1 saturated heterocycles. The van der Waals surface area contributed by atoms with Gasteiger partial charge in [-0.25, -0.2) is 4.98 Å². The first-order valence-corrected chi connectivity index (χ1v) is 5.22. The quantitative estimate of drug-likeness (QED) is 0.620. The minimum absolute atomic E-state index is 0.0710. The Balaban J connectivity index is 2.34. The van der Waals surface area contributed by atoms with Gasteiger partial charge in [-0.05, 0) is 0 Å². The van der Waals surface area contributed by atoms with Crippen molar-refractivity contribution in [2.45, 2.75) is 12.5 Å². The van der Waals surface area contributed by atoms with Crippen LogP contribution >= 0.6 is 11.6 Å². The molecule has 90 valence electrons. The molecule has 1 aliphatic rings. The molecule has 1 aliphatic heterocycles. The first kappa shape index (κ1) is 11.7. The molecule has 2 N–H and O–H groups in total. The van der Waals surface area contributed by atoms with Gasteiger partial charge in [0, 0.05) is 25.1 Å². The van der Waals surface area contributed by atoms with E-state index in [-0.39, 0.29) is 34.9 Å². The maximum Gasteiger partial charge on any atom is 0.289 e. The number of amides is 1. The van der Waals surface area contributed by atoms with E-state index < -0.39 is 4.92 Å². The van der Waals surface area contributed by atoms with Crippen LogP contribution in [0.4, 0.5) is 11.5 Å². The first-order chi connectivity index (χ1) is 7.99. The molecule has 1 amide bonds. The van der Waals surface area contributed by atoms with Gasteiger partial charge in [-0.15, -0.1) is 0 Å². The van der Waals surface area contributed by atoms with E-state index in [4.69, 9.17) is 17.3 Å². The Hall–Kier alpha value is -1.73. The lowest BCUT2D eigenvalue weighted by atomic mass is 10.3. The van der Waals surface area contributed by atoms with Gasteiger partial charge in [-0.2, -0.15) is 0 Å². The second-order valence-electron chi connectivity index (χ2n) is 3.72.